The van der Waals surface area contributed by atoms with Crippen molar-refractivity contribution in [3.63, 3.8) is 0 Å². The minimum atomic E-state index is -2.90. The van der Waals surface area contributed by atoms with Crippen molar-refractivity contribution in [2.45, 2.75) is 50.2 Å². The molecule has 2 aliphatic rings. The lowest BCUT2D eigenvalue weighted by molar-refractivity contribution is -0.152. The molecule has 0 bridgehead atoms. The number of benzene rings is 1. The van der Waals surface area contributed by atoms with Crippen molar-refractivity contribution in [1.82, 2.24) is 20.5 Å². The molecule has 1 aliphatic heterocycles. The van der Waals surface area contributed by atoms with Crippen molar-refractivity contribution in [1.29, 1.82) is 0 Å². The van der Waals surface area contributed by atoms with E-state index in [0.717, 1.165) is 5.56 Å². The minimum Gasteiger partial charge on any atom is -0.377 e. The van der Waals surface area contributed by atoms with Gasteiger partial charge in [-0.05, 0) is 12.0 Å². The molecule has 0 spiro atoms. The Kier molecular flexibility index (Phi) is 8.59. The van der Waals surface area contributed by atoms with Crippen LogP contribution in [0.2, 0.25) is 0 Å². The number of carbonyl (C=O) groups excluding carboxylic acids is 4. The molecule has 3 atom stereocenters. The van der Waals surface area contributed by atoms with Crippen LogP contribution in [0.5, 0.6) is 0 Å². The molecule has 37 heavy (non-hydrogen) atoms. The van der Waals surface area contributed by atoms with Crippen LogP contribution in [0.3, 0.4) is 0 Å². The summed E-state index contributed by atoms with van der Waals surface area (Å²) in [6.07, 6.45) is -0.822. The van der Waals surface area contributed by atoms with Gasteiger partial charge in [-0.1, -0.05) is 30.3 Å². The van der Waals surface area contributed by atoms with Gasteiger partial charge in [-0.3, -0.25) is 19.2 Å². The van der Waals surface area contributed by atoms with Gasteiger partial charge in [0.05, 0.1) is 31.0 Å². The second kappa shape index (κ2) is 11.9. The number of amides is 3. The number of hydrogen-bond acceptors (Lipinski definition) is 7. The van der Waals surface area contributed by atoms with Crippen LogP contribution in [0, 0.1) is 5.92 Å². The first-order valence-electron chi connectivity index (χ1n) is 12.0. The van der Waals surface area contributed by atoms with Gasteiger partial charge in [0.25, 0.3) is 5.91 Å². The monoisotopic (exact) mass is 534 g/mol. The molecule has 3 amide bonds. The van der Waals surface area contributed by atoms with Crippen LogP contribution >= 0.6 is 11.3 Å². The average molecular weight is 535 g/mol. The van der Waals surface area contributed by atoms with Crippen LogP contribution in [0.1, 0.15) is 30.5 Å². The third kappa shape index (κ3) is 6.95. The number of halogens is 2. The summed E-state index contributed by atoms with van der Waals surface area (Å²) in [4.78, 5) is 57.4. The van der Waals surface area contributed by atoms with E-state index < -0.39 is 53.8 Å². The summed E-state index contributed by atoms with van der Waals surface area (Å²) in [5.41, 5.74) is 2.92. The molecule has 4 rings (SSSR count). The Morgan fingerprint density at radius 2 is 2.00 bits per heavy atom. The zero-order chi connectivity index (χ0) is 26.4. The van der Waals surface area contributed by atoms with E-state index in [0.29, 0.717) is 5.69 Å². The molecule has 1 aromatic carbocycles. The van der Waals surface area contributed by atoms with Gasteiger partial charge < -0.3 is 20.3 Å². The molecule has 2 heterocycles. The number of ether oxygens (including phenoxy) is 1. The first-order chi connectivity index (χ1) is 17.7. The molecular formula is C25H28F2N4O5S. The van der Waals surface area contributed by atoms with Crippen molar-refractivity contribution in [2.24, 2.45) is 5.92 Å². The summed E-state index contributed by atoms with van der Waals surface area (Å²) in [5.74, 6) is -6.70. The molecule has 1 unspecified atom stereocenters. The number of rotatable bonds is 9. The summed E-state index contributed by atoms with van der Waals surface area (Å²) in [7, 11) is 0. The standard InChI is InChI=1S/C25H28F2N4O5S/c26-25(27)7-6-17(11-25)24(35)31-8-9-36-13-20(31)22(33)30-19(10-16-4-2-1-3-5-16)21(32)23(34)28-12-18-14-37-15-29-18/h1-5,14-15,17,19-20H,6-13H2,(H,28,34)(H,30,33)/t17?,19-,20-/m1/s1. The van der Waals surface area contributed by atoms with E-state index in [1.54, 1.807) is 41.2 Å². The second-order valence-electron chi connectivity index (χ2n) is 9.20. The summed E-state index contributed by atoms with van der Waals surface area (Å²) >= 11 is 1.35. The Morgan fingerprint density at radius 3 is 2.68 bits per heavy atom. The largest absolute Gasteiger partial charge is 0.377 e. The highest BCUT2D eigenvalue weighted by atomic mass is 32.1. The smallest absolute Gasteiger partial charge is 0.289 e. The first kappa shape index (κ1) is 26.8. The Morgan fingerprint density at radius 1 is 1.22 bits per heavy atom. The Hall–Kier alpha value is -3.25. The fourth-order valence-corrected chi connectivity index (χ4v) is 5.11. The fraction of sp³-hybridized carbons (Fsp3) is 0.480. The first-order valence-corrected chi connectivity index (χ1v) is 13.0. The van der Waals surface area contributed by atoms with E-state index in [4.69, 9.17) is 4.74 Å². The number of ketones is 1. The van der Waals surface area contributed by atoms with E-state index in [9.17, 15) is 28.0 Å². The van der Waals surface area contributed by atoms with Crippen LogP contribution in [-0.2, 0) is 36.9 Å². The van der Waals surface area contributed by atoms with Gasteiger partial charge in [0.2, 0.25) is 23.5 Å². The normalized spacial score (nSPS) is 21.7. The third-order valence-electron chi connectivity index (χ3n) is 6.52. The Balaban J connectivity index is 1.46. The Labute approximate surface area is 216 Å². The van der Waals surface area contributed by atoms with Gasteiger partial charge in [0.1, 0.15) is 12.1 Å². The molecule has 9 nitrogen and oxygen atoms in total. The SMILES string of the molecule is O=C(NCc1cscn1)C(=O)[C@@H](Cc1ccccc1)NC(=O)[C@H]1COCCN1C(=O)C1CCC(F)(F)C1. The van der Waals surface area contributed by atoms with Crippen molar-refractivity contribution in [3.8, 4) is 0 Å². The van der Waals surface area contributed by atoms with Gasteiger partial charge in [-0.2, -0.15) is 0 Å². The molecule has 198 valence electrons. The van der Waals surface area contributed by atoms with Crippen molar-refractivity contribution in [2.75, 3.05) is 19.8 Å². The lowest BCUT2D eigenvalue weighted by atomic mass is 10.0. The maximum atomic E-state index is 13.7. The molecule has 1 saturated heterocycles. The van der Waals surface area contributed by atoms with E-state index in [2.05, 4.69) is 15.6 Å². The zero-order valence-corrected chi connectivity index (χ0v) is 20.8. The van der Waals surface area contributed by atoms with Gasteiger partial charge >= 0.3 is 0 Å². The molecule has 2 fully saturated rings. The van der Waals surface area contributed by atoms with Gasteiger partial charge in [0, 0.05) is 37.1 Å². The molecule has 1 aromatic heterocycles. The zero-order valence-electron chi connectivity index (χ0n) is 20.0. The summed E-state index contributed by atoms with van der Waals surface area (Å²) < 4.78 is 32.8. The molecule has 2 N–H and O–H groups in total. The van der Waals surface area contributed by atoms with Gasteiger partial charge in [0.15, 0.2) is 0 Å². The number of nitrogens with one attached hydrogen (secondary N) is 2. The Bertz CT molecular complexity index is 1120. The van der Waals surface area contributed by atoms with Crippen LogP contribution < -0.4 is 10.6 Å². The topological polar surface area (TPSA) is 118 Å². The highest BCUT2D eigenvalue weighted by molar-refractivity contribution is 7.07. The van der Waals surface area contributed by atoms with Crippen LogP contribution in [-0.4, -0.2) is 71.2 Å². The highest BCUT2D eigenvalue weighted by Crippen LogP contribution is 2.40. The number of carbonyl (C=O) groups is 4. The lowest BCUT2D eigenvalue weighted by Crippen LogP contribution is -2.60. The van der Waals surface area contributed by atoms with Crippen LogP contribution in [0.4, 0.5) is 8.78 Å². The van der Waals surface area contributed by atoms with Crippen molar-refractivity contribution >= 4 is 34.8 Å². The number of alkyl halides is 2. The maximum absolute atomic E-state index is 13.7. The van der Waals surface area contributed by atoms with E-state index in [1.165, 1.54) is 16.2 Å². The number of Topliss-reactive ketones (excluding diaryl/α,β-unsaturated/α-hetero) is 1. The molecule has 12 heteroatoms. The highest BCUT2D eigenvalue weighted by Gasteiger charge is 2.46. The molecule has 2 aromatic rings. The van der Waals surface area contributed by atoms with Gasteiger partial charge in [-0.15, -0.1) is 11.3 Å². The van der Waals surface area contributed by atoms with E-state index in [-0.39, 0.29) is 45.6 Å². The molecular weight excluding hydrogens is 506 g/mol. The quantitative estimate of drug-likeness (QED) is 0.473. The third-order valence-corrected chi connectivity index (χ3v) is 7.16. The predicted octanol–water partition coefficient (Wildman–Crippen LogP) is 1.72. The summed E-state index contributed by atoms with van der Waals surface area (Å²) in [6, 6.07) is 6.56. The second-order valence-corrected chi connectivity index (χ2v) is 9.91. The van der Waals surface area contributed by atoms with Crippen molar-refractivity contribution in [3.05, 3.63) is 52.5 Å². The molecule has 1 saturated carbocycles. The number of hydrogen-bond donors (Lipinski definition) is 2. The summed E-state index contributed by atoms with van der Waals surface area (Å²) in [6.45, 7) is 0.169. The van der Waals surface area contributed by atoms with Crippen molar-refractivity contribution < 1.29 is 32.7 Å². The lowest BCUT2D eigenvalue weighted by Gasteiger charge is -2.36. The average Bonchev–Trinajstić information content (AvgIpc) is 3.55. The van der Waals surface area contributed by atoms with Gasteiger partial charge in [-0.25, -0.2) is 13.8 Å². The number of nitrogens with zero attached hydrogens (tertiary/aromatic N) is 2. The maximum Gasteiger partial charge on any atom is 0.289 e. The number of aromatic nitrogens is 1. The molecule has 0 radical (unpaired) electrons. The van der Waals surface area contributed by atoms with Crippen LogP contribution in [0.15, 0.2) is 41.2 Å². The van der Waals surface area contributed by atoms with Crippen LogP contribution in [0.25, 0.3) is 0 Å². The minimum absolute atomic E-state index is 0.0474. The number of morpholine rings is 1. The fourth-order valence-electron chi connectivity index (χ4n) is 4.55. The van der Waals surface area contributed by atoms with E-state index in [1.807, 2.05) is 0 Å². The molecule has 1 aliphatic carbocycles. The number of thiazole rings is 1. The predicted molar refractivity (Wildman–Crippen MR) is 130 cm³/mol. The summed E-state index contributed by atoms with van der Waals surface area (Å²) in [5, 5.41) is 6.87. The van der Waals surface area contributed by atoms with E-state index >= 15 is 0 Å².